The maximum atomic E-state index is 11.5. The first-order chi connectivity index (χ1) is 12.6. The van der Waals surface area contributed by atoms with Gasteiger partial charge in [0.1, 0.15) is 0 Å². The van der Waals surface area contributed by atoms with Gasteiger partial charge in [-0.05, 0) is 0 Å². The van der Waals surface area contributed by atoms with Crippen molar-refractivity contribution < 1.29 is 68.4 Å². The first kappa shape index (κ1) is 23.7. The Hall–Kier alpha value is -2.36. The van der Waals surface area contributed by atoms with Crippen LogP contribution < -0.4 is 0 Å². The quantitative estimate of drug-likeness (QED) is 0.167. The number of aliphatic hydroxyl groups is 5. The molecule has 1 unspecified atom stereocenters. The molecule has 160 valence electrons. The lowest BCUT2D eigenvalue weighted by Gasteiger charge is -2.55. The third-order valence-corrected chi connectivity index (χ3v) is 3.40. The molecule has 0 bridgehead atoms. The Morgan fingerprint density at radius 3 is 1.64 bits per heavy atom. The smallest absolute Gasteiger partial charge is 0.352 e. The molecule has 0 aromatic rings. The van der Waals surface area contributed by atoms with E-state index in [-0.39, 0.29) is 0 Å². The molecule has 14 heteroatoms. The van der Waals surface area contributed by atoms with Gasteiger partial charge in [-0.25, -0.2) is 0 Å². The van der Waals surface area contributed by atoms with Crippen LogP contribution >= 0.6 is 0 Å². The number of hydrogen-bond acceptors (Lipinski definition) is 14. The summed E-state index contributed by atoms with van der Waals surface area (Å²) in [5.74, 6) is -16.8. The predicted octanol–water partition coefficient (Wildman–Crippen LogP) is -3.66. The number of esters is 4. The minimum Gasteiger partial charge on any atom is -0.433 e. The van der Waals surface area contributed by atoms with Crippen LogP contribution in [0, 0.1) is 0 Å². The maximum Gasteiger partial charge on any atom is 0.352 e. The summed E-state index contributed by atoms with van der Waals surface area (Å²) in [5, 5.41) is 52.1. The zero-order valence-electron chi connectivity index (χ0n) is 15.1. The van der Waals surface area contributed by atoms with E-state index >= 15 is 0 Å². The van der Waals surface area contributed by atoms with Crippen LogP contribution in [0.25, 0.3) is 0 Å². The van der Waals surface area contributed by atoms with E-state index in [1.54, 1.807) is 0 Å². The molecular weight excluding hydrogens is 392 g/mol. The summed E-state index contributed by atoms with van der Waals surface area (Å²) in [6.07, 6.45) is -7.91. The van der Waals surface area contributed by atoms with Gasteiger partial charge in [0.15, 0.2) is 6.10 Å². The van der Waals surface area contributed by atoms with E-state index in [4.69, 9.17) is 0 Å². The van der Waals surface area contributed by atoms with Gasteiger partial charge in [0.25, 0.3) is 0 Å². The predicted molar refractivity (Wildman–Crippen MR) is 78.8 cm³/mol. The Bertz CT molecular complexity index is 662. The third-order valence-electron chi connectivity index (χ3n) is 3.40. The lowest BCUT2D eigenvalue weighted by atomic mass is 9.86. The molecule has 0 saturated carbocycles. The van der Waals surface area contributed by atoms with Crippen LogP contribution in [0.4, 0.5) is 0 Å². The summed E-state index contributed by atoms with van der Waals surface area (Å²) >= 11 is 0. The number of carbonyl (C=O) groups is 4. The average Bonchev–Trinajstić information content (AvgIpc) is 2.47. The molecular formula is C14H20O14. The van der Waals surface area contributed by atoms with Crippen molar-refractivity contribution in [3.05, 3.63) is 0 Å². The zero-order valence-corrected chi connectivity index (χ0v) is 15.1. The van der Waals surface area contributed by atoms with Gasteiger partial charge in [-0.1, -0.05) is 0 Å². The fourth-order valence-electron chi connectivity index (χ4n) is 2.47. The van der Waals surface area contributed by atoms with E-state index in [0.717, 1.165) is 6.92 Å². The molecule has 14 nitrogen and oxygen atoms in total. The second-order valence-corrected chi connectivity index (χ2v) is 5.73. The van der Waals surface area contributed by atoms with E-state index in [1.807, 2.05) is 0 Å². The second-order valence-electron chi connectivity index (χ2n) is 5.73. The van der Waals surface area contributed by atoms with Crippen LogP contribution in [-0.4, -0.2) is 85.5 Å². The van der Waals surface area contributed by atoms with Crippen LogP contribution in [0.2, 0.25) is 0 Å². The summed E-state index contributed by atoms with van der Waals surface area (Å²) in [4.78, 5) is 45.3. The van der Waals surface area contributed by atoms with Gasteiger partial charge in [0, 0.05) is 27.7 Å². The highest BCUT2D eigenvalue weighted by molar-refractivity contribution is 5.69. The standard InChI is InChI=1S/C14H20O14/c1-5(15)24-10(19)9-12(21,26-6(2)16)14(23,28-8(4)18)13(22,11(20)25-9)27-7(3)17/h9-11,19-23H,1-4H3/t9-,10?,11+,12+,13-,14-/m1/s1. The molecule has 0 aliphatic carbocycles. The average molecular weight is 412 g/mol. The van der Waals surface area contributed by atoms with E-state index in [9.17, 15) is 44.7 Å². The van der Waals surface area contributed by atoms with E-state index < -0.39 is 59.9 Å². The van der Waals surface area contributed by atoms with Crippen molar-refractivity contribution in [1.29, 1.82) is 0 Å². The molecule has 1 fully saturated rings. The fourth-order valence-corrected chi connectivity index (χ4v) is 2.47. The summed E-state index contributed by atoms with van der Waals surface area (Å²) in [6.45, 7) is 2.88. The minimum atomic E-state index is -3.97. The van der Waals surface area contributed by atoms with Gasteiger partial charge >= 0.3 is 41.2 Å². The molecule has 5 N–H and O–H groups in total. The first-order valence-electron chi connectivity index (χ1n) is 7.55. The number of ether oxygens (including phenoxy) is 5. The summed E-state index contributed by atoms with van der Waals surface area (Å²) in [5.41, 5.74) is 0. The zero-order chi connectivity index (χ0) is 22.1. The van der Waals surface area contributed by atoms with Crippen molar-refractivity contribution in [2.45, 2.75) is 63.7 Å². The molecule has 6 atom stereocenters. The highest BCUT2D eigenvalue weighted by Crippen LogP contribution is 2.47. The van der Waals surface area contributed by atoms with Gasteiger partial charge in [-0.3, -0.25) is 19.2 Å². The number of rotatable bonds is 5. The molecule has 0 aromatic heterocycles. The Morgan fingerprint density at radius 1 is 0.821 bits per heavy atom. The highest BCUT2D eigenvalue weighted by Gasteiger charge is 2.81. The SMILES string of the molecule is CC(=O)OC(O)[C@H]1O[C@H](O)[C@@](O)(OC(C)=O)[C@](O)(OC(C)=O)[C@@]1(O)OC(C)=O. The Kier molecular flexibility index (Phi) is 6.72. The Morgan fingerprint density at radius 2 is 1.25 bits per heavy atom. The molecule has 1 saturated heterocycles. The van der Waals surface area contributed by atoms with Crippen LogP contribution in [0.3, 0.4) is 0 Å². The van der Waals surface area contributed by atoms with Gasteiger partial charge < -0.3 is 49.2 Å². The number of hydrogen-bond donors (Lipinski definition) is 5. The summed E-state index contributed by atoms with van der Waals surface area (Å²) in [7, 11) is 0. The summed E-state index contributed by atoms with van der Waals surface area (Å²) < 4.78 is 22.3. The molecule has 0 spiro atoms. The van der Waals surface area contributed by atoms with Crippen molar-refractivity contribution in [3.63, 3.8) is 0 Å². The van der Waals surface area contributed by atoms with E-state index in [0.29, 0.717) is 20.8 Å². The van der Waals surface area contributed by atoms with E-state index in [1.165, 1.54) is 0 Å². The topological polar surface area (TPSA) is 216 Å². The molecule has 28 heavy (non-hydrogen) atoms. The van der Waals surface area contributed by atoms with Gasteiger partial charge in [-0.2, -0.15) is 0 Å². The lowest BCUT2D eigenvalue weighted by molar-refractivity contribution is -0.538. The van der Waals surface area contributed by atoms with E-state index in [2.05, 4.69) is 23.7 Å². The molecule has 1 rings (SSSR count). The first-order valence-corrected chi connectivity index (χ1v) is 7.55. The van der Waals surface area contributed by atoms with Crippen molar-refractivity contribution >= 4 is 23.9 Å². The molecule has 1 heterocycles. The number of carbonyl (C=O) groups excluding carboxylic acids is 4. The lowest BCUT2D eigenvalue weighted by Crippen LogP contribution is -2.84. The van der Waals surface area contributed by atoms with Crippen LogP contribution in [-0.2, 0) is 42.9 Å². The molecule has 1 aliphatic rings. The minimum absolute atomic E-state index is 0.666. The molecule has 0 amide bonds. The molecule has 0 radical (unpaired) electrons. The second kappa shape index (κ2) is 7.94. The fraction of sp³-hybridized carbons (Fsp3) is 0.714. The van der Waals surface area contributed by atoms with Crippen LogP contribution in [0.1, 0.15) is 27.7 Å². The highest BCUT2D eigenvalue weighted by atomic mass is 16.8. The van der Waals surface area contributed by atoms with Gasteiger partial charge in [0.05, 0.1) is 0 Å². The van der Waals surface area contributed by atoms with Crippen molar-refractivity contribution in [2.75, 3.05) is 0 Å². The normalized spacial score (nSPS) is 36.0. The van der Waals surface area contributed by atoms with Gasteiger partial charge in [-0.15, -0.1) is 0 Å². The van der Waals surface area contributed by atoms with Crippen molar-refractivity contribution in [3.8, 4) is 0 Å². The third kappa shape index (κ3) is 4.06. The van der Waals surface area contributed by atoms with Crippen LogP contribution in [0.5, 0.6) is 0 Å². The monoisotopic (exact) mass is 412 g/mol. The molecule has 0 aromatic carbocycles. The molecule has 1 aliphatic heterocycles. The number of aliphatic hydroxyl groups excluding tert-OH is 2. The van der Waals surface area contributed by atoms with Crippen LogP contribution in [0.15, 0.2) is 0 Å². The van der Waals surface area contributed by atoms with Crippen molar-refractivity contribution in [1.82, 2.24) is 0 Å². The summed E-state index contributed by atoms with van der Waals surface area (Å²) in [6, 6.07) is 0. The van der Waals surface area contributed by atoms with Crippen molar-refractivity contribution in [2.24, 2.45) is 0 Å². The Balaban J connectivity index is 3.71. The largest absolute Gasteiger partial charge is 0.433 e. The van der Waals surface area contributed by atoms with Gasteiger partial charge in [0.2, 0.25) is 12.6 Å². The maximum absolute atomic E-state index is 11.5. The Labute approximate surface area is 157 Å².